The summed E-state index contributed by atoms with van der Waals surface area (Å²) in [6, 6.07) is 7.91. The number of anilines is 1. The maximum atomic E-state index is 12.8. The fourth-order valence-electron chi connectivity index (χ4n) is 3.62. The third-order valence-electron chi connectivity index (χ3n) is 4.91. The predicted octanol–water partition coefficient (Wildman–Crippen LogP) is 4.60. The third-order valence-corrected chi connectivity index (χ3v) is 4.91. The highest BCUT2D eigenvalue weighted by atomic mass is 16.6. The lowest BCUT2D eigenvalue weighted by Crippen LogP contribution is -2.42. The van der Waals surface area contributed by atoms with Crippen LogP contribution in [0.2, 0.25) is 0 Å². The number of hydrogen-bond acceptors (Lipinski definition) is 4. The van der Waals surface area contributed by atoms with E-state index in [9.17, 15) is 4.79 Å². The van der Waals surface area contributed by atoms with Crippen LogP contribution in [0.15, 0.2) is 35.9 Å². The molecule has 0 radical (unpaired) electrons. The average Bonchev–Trinajstić information content (AvgIpc) is 2.59. The van der Waals surface area contributed by atoms with E-state index in [0.717, 1.165) is 24.1 Å². The molecule has 0 bridgehead atoms. The molecule has 0 heterocycles. The monoisotopic (exact) mass is 358 g/mol. The second kappa shape index (κ2) is 9.22. The van der Waals surface area contributed by atoms with Gasteiger partial charge in [0.2, 0.25) is 0 Å². The molecule has 26 heavy (non-hydrogen) atoms. The molecule has 144 valence electrons. The molecule has 2 rings (SSSR count). The third kappa shape index (κ3) is 6.17. The van der Waals surface area contributed by atoms with Crippen LogP contribution < -0.4 is 11.1 Å². The molecule has 1 aromatic rings. The van der Waals surface area contributed by atoms with Crippen molar-refractivity contribution < 1.29 is 9.53 Å². The molecule has 1 aliphatic rings. The molecule has 1 aliphatic carbocycles. The van der Waals surface area contributed by atoms with Crippen LogP contribution in [-0.2, 0) is 16.1 Å². The lowest BCUT2D eigenvalue weighted by atomic mass is 9.80. The maximum absolute atomic E-state index is 12.8. The summed E-state index contributed by atoms with van der Waals surface area (Å²) in [7, 11) is 0. The van der Waals surface area contributed by atoms with Gasteiger partial charge in [0, 0.05) is 18.3 Å². The van der Waals surface area contributed by atoms with E-state index in [1.807, 2.05) is 58.0 Å². The molecule has 1 atom stereocenters. The van der Waals surface area contributed by atoms with E-state index < -0.39 is 5.60 Å². The first-order valence-electron chi connectivity index (χ1n) is 9.77. The summed E-state index contributed by atoms with van der Waals surface area (Å²) >= 11 is 0. The highest BCUT2D eigenvalue weighted by Gasteiger charge is 2.31. The predicted molar refractivity (Wildman–Crippen MR) is 108 cm³/mol. The minimum absolute atomic E-state index is 0.0210. The van der Waals surface area contributed by atoms with Crippen LogP contribution >= 0.6 is 0 Å². The normalized spacial score (nSPS) is 17.8. The van der Waals surface area contributed by atoms with E-state index in [0.29, 0.717) is 12.5 Å². The van der Waals surface area contributed by atoms with Crippen LogP contribution in [0.3, 0.4) is 0 Å². The van der Waals surface area contributed by atoms with Gasteiger partial charge < -0.3 is 15.8 Å². The number of nitrogens with one attached hydrogen (secondary N) is 1. The van der Waals surface area contributed by atoms with Crippen molar-refractivity contribution in [1.29, 1.82) is 0 Å². The molecule has 0 aromatic heterocycles. The van der Waals surface area contributed by atoms with E-state index in [4.69, 9.17) is 10.5 Å². The molecule has 1 fully saturated rings. The lowest BCUT2D eigenvalue weighted by Gasteiger charge is -2.33. The summed E-state index contributed by atoms with van der Waals surface area (Å²) in [6.45, 7) is 8.38. The largest absolute Gasteiger partial charge is 0.457 e. The standard InChI is InChI=1S/C22H34N2O2/c1-5-19(21(25)26-22(2,3)4)20(17-9-7-6-8-10-17)24-15-16-11-13-18(23)14-12-16/h5,11-14,17,20,24H,6-10,15,23H2,1-4H3/b19-5-/t20-/m0/s1. The Balaban J connectivity index is 2.15. The van der Waals surface area contributed by atoms with Gasteiger partial charge >= 0.3 is 5.97 Å². The Morgan fingerprint density at radius 2 is 1.85 bits per heavy atom. The number of nitrogen functional groups attached to an aromatic ring is 1. The molecule has 0 spiro atoms. The number of ether oxygens (including phenoxy) is 1. The van der Waals surface area contributed by atoms with Gasteiger partial charge in [-0.3, -0.25) is 0 Å². The first kappa shape index (κ1) is 20.5. The van der Waals surface area contributed by atoms with Gasteiger partial charge in [0.15, 0.2) is 0 Å². The van der Waals surface area contributed by atoms with Crippen molar-refractivity contribution in [2.75, 3.05) is 5.73 Å². The van der Waals surface area contributed by atoms with Crippen molar-refractivity contribution in [3.63, 3.8) is 0 Å². The Kier molecular flexibility index (Phi) is 7.27. The van der Waals surface area contributed by atoms with Gasteiger partial charge in [-0.2, -0.15) is 0 Å². The smallest absolute Gasteiger partial charge is 0.335 e. The topological polar surface area (TPSA) is 64.3 Å². The maximum Gasteiger partial charge on any atom is 0.335 e. The number of carbonyl (C=O) groups excluding carboxylic acids is 1. The SMILES string of the molecule is C/C=C(\C(=O)OC(C)(C)C)[C@@H](NCc1ccc(N)cc1)C1CCCCC1. The minimum atomic E-state index is -0.487. The van der Waals surface area contributed by atoms with Crippen molar-refractivity contribution in [2.45, 2.75) is 78.0 Å². The van der Waals surface area contributed by atoms with Crippen molar-refractivity contribution >= 4 is 11.7 Å². The number of benzene rings is 1. The van der Waals surface area contributed by atoms with Crippen LogP contribution in [0.4, 0.5) is 5.69 Å². The summed E-state index contributed by atoms with van der Waals surface area (Å²) in [6.07, 6.45) is 7.98. The van der Waals surface area contributed by atoms with Gasteiger partial charge in [0.25, 0.3) is 0 Å². The summed E-state index contributed by atoms with van der Waals surface area (Å²) in [5.74, 6) is 0.261. The molecule has 0 saturated heterocycles. The Hall–Kier alpha value is -1.81. The number of nitrogens with two attached hydrogens (primary N) is 1. The molecule has 1 saturated carbocycles. The van der Waals surface area contributed by atoms with E-state index in [2.05, 4.69) is 5.32 Å². The van der Waals surface area contributed by atoms with Gasteiger partial charge in [-0.05, 0) is 64.2 Å². The van der Waals surface area contributed by atoms with Crippen LogP contribution in [0.5, 0.6) is 0 Å². The fourth-order valence-corrected chi connectivity index (χ4v) is 3.62. The number of carbonyl (C=O) groups is 1. The van der Waals surface area contributed by atoms with Crippen LogP contribution in [0.1, 0.15) is 65.4 Å². The number of rotatable bonds is 6. The van der Waals surface area contributed by atoms with Gasteiger partial charge in [0.05, 0.1) is 5.57 Å². The molecule has 1 aromatic carbocycles. The summed E-state index contributed by atoms with van der Waals surface area (Å²) in [5, 5.41) is 3.63. The molecule has 4 heteroatoms. The lowest BCUT2D eigenvalue weighted by molar-refractivity contribution is -0.150. The van der Waals surface area contributed by atoms with E-state index >= 15 is 0 Å². The zero-order valence-electron chi connectivity index (χ0n) is 16.7. The Bertz CT molecular complexity index is 608. The van der Waals surface area contributed by atoms with Gasteiger partial charge in [-0.1, -0.05) is 37.5 Å². The molecular formula is C22H34N2O2. The van der Waals surface area contributed by atoms with Gasteiger partial charge in [-0.15, -0.1) is 0 Å². The second-order valence-corrected chi connectivity index (χ2v) is 8.24. The molecule has 0 aliphatic heterocycles. The molecule has 3 N–H and O–H groups in total. The van der Waals surface area contributed by atoms with Crippen LogP contribution in [0.25, 0.3) is 0 Å². The second-order valence-electron chi connectivity index (χ2n) is 8.24. The highest BCUT2D eigenvalue weighted by molar-refractivity contribution is 5.90. The first-order valence-corrected chi connectivity index (χ1v) is 9.77. The zero-order chi connectivity index (χ0) is 19.2. The number of allylic oxidation sites excluding steroid dienone is 1. The Labute approximate surface area is 158 Å². The van der Waals surface area contributed by atoms with Crippen molar-refractivity contribution in [3.05, 3.63) is 41.5 Å². The van der Waals surface area contributed by atoms with E-state index in [-0.39, 0.29) is 12.0 Å². The fraction of sp³-hybridized carbons (Fsp3) is 0.591. The Morgan fingerprint density at radius 1 is 1.23 bits per heavy atom. The summed E-state index contributed by atoms with van der Waals surface area (Å²) in [4.78, 5) is 12.8. The summed E-state index contributed by atoms with van der Waals surface area (Å²) in [5.41, 5.74) is 7.97. The minimum Gasteiger partial charge on any atom is -0.457 e. The quantitative estimate of drug-likeness (QED) is 0.443. The average molecular weight is 359 g/mol. The highest BCUT2D eigenvalue weighted by Crippen LogP contribution is 2.30. The molecular weight excluding hydrogens is 324 g/mol. The van der Waals surface area contributed by atoms with Gasteiger partial charge in [0.1, 0.15) is 5.60 Å². The van der Waals surface area contributed by atoms with Crippen molar-refractivity contribution in [2.24, 2.45) is 5.92 Å². The molecule has 0 amide bonds. The zero-order valence-corrected chi connectivity index (χ0v) is 16.7. The van der Waals surface area contributed by atoms with E-state index in [1.165, 1.54) is 24.8 Å². The van der Waals surface area contributed by atoms with Crippen LogP contribution in [-0.4, -0.2) is 17.6 Å². The van der Waals surface area contributed by atoms with Crippen LogP contribution in [0, 0.1) is 5.92 Å². The number of hydrogen-bond donors (Lipinski definition) is 2. The van der Waals surface area contributed by atoms with E-state index in [1.54, 1.807) is 0 Å². The first-order chi connectivity index (χ1) is 12.3. The van der Waals surface area contributed by atoms with Gasteiger partial charge in [-0.25, -0.2) is 4.79 Å². The molecule has 0 unspecified atom stereocenters. The van der Waals surface area contributed by atoms with Crippen molar-refractivity contribution in [3.8, 4) is 0 Å². The molecule has 4 nitrogen and oxygen atoms in total. The summed E-state index contributed by atoms with van der Waals surface area (Å²) < 4.78 is 5.67. The van der Waals surface area contributed by atoms with Crippen molar-refractivity contribution in [1.82, 2.24) is 5.32 Å². The Morgan fingerprint density at radius 3 is 2.38 bits per heavy atom. The number of esters is 1.